The molecule has 0 amide bonds. The average molecular weight is 252 g/mol. The van der Waals surface area contributed by atoms with Crippen molar-refractivity contribution in [2.24, 2.45) is 5.92 Å². The van der Waals surface area contributed by atoms with Crippen molar-refractivity contribution in [3.63, 3.8) is 0 Å². The number of aliphatic hydroxyl groups is 1. The number of aliphatic hydroxyl groups excluding tert-OH is 1. The van der Waals surface area contributed by atoms with Crippen LogP contribution in [0.1, 0.15) is 52.9 Å². The monoisotopic (exact) mass is 252 g/mol. The van der Waals surface area contributed by atoms with Gasteiger partial charge in [0.1, 0.15) is 14.2 Å². The minimum Gasteiger partial charge on any atom is -0.380 e. The SMILES string of the molecule is CC(C)(C)[Si](C)(C)C#C[C@@H](O)C1CCCCC1. The second-order valence-corrected chi connectivity index (χ2v) is 12.0. The maximum atomic E-state index is 10.2. The van der Waals surface area contributed by atoms with E-state index in [2.05, 4.69) is 45.3 Å². The highest BCUT2D eigenvalue weighted by Gasteiger charge is 2.34. The zero-order valence-electron chi connectivity index (χ0n) is 12.1. The molecule has 0 radical (unpaired) electrons. The van der Waals surface area contributed by atoms with Gasteiger partial charge in [0.15, 0.2) is 0 Å². The molecule has 1 aliphatic rings. The van der Waals surface area contributed by atoms with Gasteiger partial charge < -0.3 is 5.11 Å². The number of rotatable bonds is 1. The Kier molecular flexibility index (Phi) is 4.86. The van der Waals surface area contributed by atoms with E-state index in [1.807, 2.05) is 0 Å². The van der Waals surface area contributed by atoms with Gasteiger partial charge in [0.2, 0.25) is 0 Å². The van der Waals surface area contributed by atoms with E-state index in [1.54, 1.807) is 0 Å². The van der Waals surface area contributed by atoms with Crippen molar-refractivity contribution < 1.29 is 5.11 Å². The minimum absolute atomic E-state index is 0.284. The largest absolute Gasteiger partial charge is 0.380 e. The Balaban J connectivity index is 2.64. The molecule has 1 fully saturated rings. The molecule has 0 aromatic heterocycles. The summed E-state index contributed by atoms with van der Waals surface area (Å²) in [5.41, 5.74) is 3.43. The maximum Gasteiger partial charge on any atom is 0.137 e. The summed E-state index contributed by atoms with van der Waals surface area (Å²) in [5.74, 6) is 3.60. The zero-order chi connectivity index (χ0) is 13.1. The molecule has 1 atom stereocenters. The molecule has 2 heteroatoms. The van der Waals surface area contributed by atoms with Crippen LogP contribution in [0.15, 0.2) is 0 Å². The van der Waals surface area contributed by atoms with E-state index in [1.165, 1.54) is 19.3 Å². The molecule has 0 heterocycles. The van der Waals surface area contributed by atoms with Crippen LogP contribution in [0, 0.1) is 17.4 Å². The Bertz CT molecular complexity index is 297. The molecule has 17 heavy (non-hydrogen) atoms. The van der Waals surface area contributed by atoms with Gasteiger partial charge >= 0.3 is 0 Å². The van der Waals surface area contributed by atoms with Crippen LogP contribution in [0.3, 0.4) is 0 Å². The molecule has 1 aliphatic carbocycles. The van der Waals surface area contributed by atoms with Crippen LogP contribution in [-0.2, 0) is 0 Å². The predicted molar refractivity (Wildman–Crippen MR) is 77.6 cm³/mol. The fourth-order valence-corrected chi connectivity index (χ4v) is 2.89. The summed E-state index contributed by atoms with van der Waals surface area (Å²) in [6, 6.07) is 0. The van der Waals surface area contributed by atoms with E-state index in [-0.39, 0.29) is 11.1 Å². The summed E-state index contributed by atoms with van der Waals surface area (Å²) in [5, 5.41) is 10.4. The third-order valence-corrected chi connectivity index (χ3v) is 9.02. The van der Waals surface area contributed by atoms with E-state index in [9.17, 15) is 5.11 Å². The quantitative estimate of drug-likeness (QED) is 0.553. The van der Waals surface area contributed by atoms with Crippen LogP contribution in [0.4, 0.5) is 0 Å². The fourth-order valence-electron chi connectivity index (χ4n) is 2.01. The van der Waals surface area contributed by atoms with Gasteiger partial charge in [0.05, 0.1) is 0 Å². The zero-order valence-corrected chi connectivity index (χ0v) is 13.1. The Labute approximate surface area is 108 Å². The van der Waals surface area contributed by atoms with Crippen molar-refractivity contribution in [2.75, 3.05) is 0 Å². The first-order valence-electron chi connectivity index (χ1n) is 6.95. The smallest absolute Gasteiger partial charge is 0.137 e. The third-order valence-electron chi connectivity index (χ3n) is 4.50. The fraction of sp³-hybridized carbons (Fsp3) is 0.867. The van der Waals surface area contributed by atoms with Gasteiger partial charge in [-0.2, -0.15) is 0 Å². The third kappa shape index (κ3) is 4.15. The lowest BCUT2D eigenvalue weighted by Gasteiger charge is -2.32. The van der Waals surface area contributed by atoms with Crippen LogP contribution in [0.5, 0.6) is 0 Å². The Morgan fingerprint density at radius 1 is 1.12 bits per heavy atom. The molecule has 0 spiro atoms. The van der Waals surface area contributed by atoms with Crippen molar-refractivity contribution in [3.8, 4) is 11.5 Å². The Morgan fingerprint density at radius 2 is 1.65 bits per heavy atom. The molecule has 1 N–H and O–H groups in total. The molecule has 0 unspecified atom stereocenters. The molecule has 0 saturated heterocycles. The number of hydrogen-bond donors (Lipinski definition) is 1. The standard InChI is InChI=1S/C15H28OSi/c1-15(2,3)17(4,5)12-11-14(16)13-9-7-6-8-10-13/h13-14,16H,6-10H2,1-5H3/t14-/m1/s1. The van der Waals surface area contributed by atoms with Crippen molar-refractivity contribution in [3.05, 3.63) is 0 Å². The van der Waals surface area contributed by atoms with E-state index in [0.717, 1.165) is 12.8 Å². The lowest BCUT2D eigenvalue weighted by molar-refractivity contribution is 0.133. The summed E-state index contributed by atoms with van der Waals surface area (Å²) >= 11 is 0. The van der Waals surface area contributed by atoms with E-state index >= 15 is 0 Å². The lowest BCUT2D eigenvalue weighted by Crippen LogP contribution is -2.36. The Morgan fingerprint density at radius 3 is 2.12 bits per heavy atom. The first kappa shape index (κ1) is 14.8. The highest BCUT2D eigenvalue weighted by atomic mass is 28.3. The summed E-state index contributed by atoms with van der Waals surface area (Å²) in [6.07, 6.45) is 5.80. The van der Waals surface area contributed by atoms with E-state index < -0.39 is 8.07 Å². The van der Waals surface area contributed by atoms with Crippen LogP contribution in [0.25, 0.3) is 0 Å². The lowest BCUT2D eigenvalue weighted by atomic mass is 9.85. The molecule has 0 aliphatic heterocycles. The van der Waals surface area contributed by atoms with Crippen LogP contribution >= 0.6 is 0 Å². The summed E-state index contributed by atoms with van der Waals surface area (Å²) in [7, 11) is -1.55. The van der Waals surface area contributed by atoms with Gasteiger partial charge in [-0.05, 0) is 23.8 Å². The van der Waals surface area contributed by atoms with Gasteiger partial charge in [-0.25, -0.2) is 0 Å². The normalized spacial score (nSPS) is 20.6. The molecule has 0 bridgehead atoms. The number of hydrogen-bond acceptors (Lipinski definition) is 1. The predicted octanol–water partition coefficient (Wildman–Crippen LogP) is 3.98. The first-order chi connectivity index (χ1) is 7.74. The van der Waals surface area contributed by atoms with Crippen molar-refractivity contribution in [2.45, 2.75) is 77.1 Å². The van der Waals surface area contributed by atoms with Crippen molar-refractivity contribution in [1.29, 1.82) is 0 Å². The molecule has 1 rings (SSSR count). The van der Waals surface area contributed by atoms with E-state index in [0.29, 0.717) is 5.92 Å². The van der Waals surface area contributed by atoms with Crippen LogP contribution in [0.2, 0.25) is 18.1 Å². The molecular formula is C15H28OSi. The van der Waals surface area contributed by atoms with Gasteiger partial charge in [0.25, 0.3) is 0 Å². The van der Waals surface area contributed by atoms with Crippen molar-refractivity contribution in [1.82, 2.24) is 0 Å². The molecule has 0 aromatic carbocycles. The second kappa shape index (κ2) is 5.59. The molecule has 1 saturated carbocycles. The second-order valence-electron chi connectivity index (χ2n) is 6.99. The maximum absolute atomic E-state index is 10.2. The average Bonchev–Trinajstić information content (AvgIpc) is 2.25. The van der Waals surface area contributed by atoms with Gasteiger partial charge in [-0.3, -0.25) is 0 Å². The van der Waals surface area contributed by atoms with Crippen molar-refractivity contribution >= 4 is 8.07 Å². The van der Waals surface area contributed by atoms with Gasteiger partial charge in [-0.1, -0.05) is 59.0 Å². The van der Waals surface area contributed by atoms with E-state index in [4.69, 9.17) is 0 Å². The summed E-state index contributed by atoms with van der Waals surface area (Å²) in [4.78, 5) is 0. The molecular weight excluding hydrogens is 224 g/mol. The molecule has 1 nitrogen and oxygen atoms in total. The summed E-state index contributed by atoms with van der Waals surface area (Å²) < 4.78 is 0. The first-order valence-corrected chi connectivity index (χ1v) is 9.95. The van der Waals surface area contributed by atoms with Gasteiger partial charge in [0, 0.05) is 0 Å². The van der Waals surface area contributed by atoms with Gasteiger partial charge in [-0.15, -0.1) is 5.54 Å². The highest BCUT2D eigenvalue weighted by molar-refractivity contribution is 6.87. The summed E-state index contributed by atoms with van der Waals surface area (Å²) in [6.45, 7) is 11.4. The molecule has 0 aromatic rings. The Hall–Kier alpha value is -0.263. The van der Waals surface area contributed by atoms with Crippen LogP contribution in [-0.4, -0.2) is 19.3 Å². The minimum atomic E-state index is -1.55. The van der Waals surface area contributed by atoms with Crippen LogP contribution < -0.4 is 0 Å². The topological polar surface area (TPSA) is 20.2 Å². The molecule has 98 valence electrons. The highest BCUT2D eigenvalue weighted by Crippen LogP contribution is 2.35.